The van der Waals surface area contributed by atoms with E-state index >= 15 is 0 Å². The van der Waals surface area contributed by atoms with Gasteiger partial charge in [-0.05, 0) is 12.8 Å². The van der Waals surface area contributed by atoms with E-state index in [0.29, 0.717) is 13.2 Å². The summed E-state index contributed by atoms with van der Waals surface area (Å²) in [4.78, 5) is 21.3. The molecule has 0 amide bonds. The fourth-order valence-corrected chi connectivity index (χ4v) is 0.912. The number of esters is 2. The topological polar surface area (TPSA) is 52.6 Å². The zero-order chi connectivity index (χ0) is 11.0. The molecule has 0 aliphatic heterocycles. The smallest absolute Gasteiger partial charge is 0.331 e. The van der Waals surface area contributed by atoms with Gasteiger partial charge in [-0.2, -0.15) is 0 Å². The first-order chi connectivity index (χ1) is 6.63. The maximum Gasteiger partial charge on any atom is 0.331 e. The SMILES string of the molecule is CCCOC(=O)C(Br)C(=O)OCCC. The van der Waals surface area contributed by atoms with Crippen molar-refractivity contribution in [3.63, 3.8) is 0 Å². The van der Waals surface area contributed by atoms with Crippen LogP contribution in [0.2, 0.25) is 0 Å². The van der Waals surface area contributed by atoms with Crippen molar-refractivity contribution in [2.24, 2.45) is 0 Å². The van der Waals surface area contributed by atoms with Crippen LogP contribution in [-0.4, -0.2) is 30.0 Å². The highest BCUT2D eigenvalue weighted by Crippen LogP contribution is 2.05. The van der Waals surface area contributed by atoms with Crippen molar-refractivity contribution in [2.45, 2.75) is 31.5 Å². The largest absolute Gasteiger partial charge is 0.464 e. The van der Waals surface area contributed by atoms with Crippen LogP contribution < -0.4 is 0 Å². The van der Waals surface area contributed by atoms with Crippen LogP contribution in [0.25, 0.3) is 0 Å². The highest BCUT2D eigenvalue weighted by molar-refractivity contribution is 9.10. The molecule has 0 aliphatic carbocycles. The summed E-state index contributed by atoms with van der Waals surface area (Å²) >= 11 is 2.92. The molecule has 0 saturated heterocycles. The molecule has 5 heteroatoms. The van der Waals surface area contributed by atoms with Gasteiger partial charge in [-0.3, -0.25) is 9.59 Å². The van der Waals surface area contributed by atoms with E-state index in [-0.39, 0.29) is 0 Å². The minimum Gasteiger partial charge on any atom is -0.464 e. The Morgan fingerprint density at radius 2 is 1.43 bits per heavy atom. The van der Waals surface area contributed by atoms with Crippen LogP contribution in [-0.2, 0) is 19.1 Å². The lowest BCUT2D eigenvalue weighted by Gasteiger charge is -2.08. The van der Waals surface area contributed by atoms with Crippen LogP contribution in [0, 0.1) is 0 Å². The molecular weight excluding hydrogens is 252 g/mol. The Labute approximate surface area is 92.1 Å². The van der Waals surface area contributed by atoms with E-state index in [1.165, 1.54) is 0 Å². The Bertz CT molecular complexity index is 173. The highest BCUT2D eigenvalue weighted by Gasteiger charge is 2.26. The first-order valence-electron chi connectivity index (χ1n) is 4.60. The van der Waals surface area contributed by atoms with Crippen molar-refractivity contribution in [3.8, 4) is 0 Å². The van der Waals surface area contributed by atoms with Crippen LogP contribution in [0.1, 0.15) is 26.7 Å². The Balaban J connectivity index is 3.85. The second kappa shape index (κ2) is 7.79. The fourth-order valence-electron chi connectivity index (χ4n) is 0.648. The summed E-state index contributed by atoms with van der Waals surface area (Å²) in [7, 11) is 0. The number of carbonyl (C=O) groups excluding carboxylic acids is 2. The molecule has 0 aromatic carbocycles. The lowest BCUT2D eigenvalue weighted by molar-refractivity contribution is -0.153. The Morgan fingerprint density at radius 1 is 1.07 bits per heavy atom. The van der Waals surface area contributed by atoms with Gasteiger partial charge in [0.15, 0.2) is 0 Å². The van der Waals surface area contributed by atoms with Crippen molar-refractivity contribution in [3.05, 3.63) is 0 Å². The molecule has 0 atom stereocenters. The summed E-state index contributed by atoms with van der Waals surface area (Å²) in [6, 6.07) is 0. The highest BCUT2D eigenvalue weighted by atomic mass is 79.9. The van der Waals surface area contributed by atoms with E-state index in [2.05, 4.69) is 15.9 Å². The van der Waals surface area contributed by atoms with Crippen LogP contribution in [0.3, 0.4) is 0 Å². The molecule has 0 bridgehead atoms. The molecule has 82 valence electrons. The number of rotatable bonds is 6. The summed E-state index contributed by atoms with van der Waals surface area (Å²) in [5, 5.41) is 0. The van der Waals surface area contributed by atoms with Crippen LogP contribution >= 0.6 is 15.9 Å². The second-order valence-electron chi connectivity index (χ2n) is 2.70. The molecular formula is C9H15BrO4. The van der Waals surface area contributed by atoms with Gasteiger partial charge in [0.05, 0.1) is 13.2 Å². The molecule has 0 fully saturated rings. The monoisotopic (exact) mass is 266 g/mol. The van der Waals surface area contributed by atoms with E-state index in [1.54, 1.807) is 0 Å². The maximum absolute atomic E-state index is 11.1. The predicted octanol–water partition coefficient (Wildman–Crippen LogP) is 1.66. The van der Waals surface area contributed by atoms with Crippen molar-refractivity contribution < 1.29 is 19.1 Å². The quantitative estimate of drug-likeness (QED) is 0.417. The van der Waals surface area contributed by atoms with Gasteiger partial charge in [0.25, 0.3) is 0 Å². The molecule has 0 aromatic heterocycles. The average molecular weight is 267 g/mol. The van der Waals surface area contributed by atoms with Crippen LogP contribution in [0.5, 0.6) is 0 Å². The van der Waals surface area contributed by atoms with Gasteiger partial charge in [-0.15, -0.1) is 0 Å². The summed E-state index contributed by atoms with van der Waals surface area (Å²) in [5.74, 6) is -1.18. The summed E-state index contributed by atoms with van der Waals surface area (Å²) in [6.07, 6.45) is 1.46. The van der Waals surface area contributed by atoms with E-state index in [1.807, 2.05) is 13.8 Å². The maximum atomic E-state index is 11.1. The Hall–Kier alpha value is -0.580. The molecule has 0 aromatic rings. The average Bonchev–Trinajstić information content (AvgIpc) is 2.21. The molecule has 0 aliphatic rings. The van der Waals surface area contributed by atoms with E-state index in [9.17, 15) is 9.59 Å². The number of carbonyl (C=O) groups is 2. The standard InChI is InChI=1S/C9H15BrO4/c1-3-5-13-8(11)7(10)9(12)14-6-4-2/h7H,3-6H2,1-2H3. The molecule has 0 rings (SSSR count). The van der Waals surface area contributed by atoms with Gasteiger partial charge < -0.3 is 9.47 Å². The molecule has 0 unspecified atom stereocenters. The number of halogens is 1. The first kappa shape index (κ1) is 13.4. The Kier molecular flexibility index (Phi) is 7.47. The zero-order valence-corrected chi connectivity index (χ0v) is 10.0. The third-order valence-corrected chi connectivity index (χ3v) is 2.06. The summed E-state index contributed by atoms with van der Waals surface area (Å²) < 4.78 is 9.53. The summed E-state index contributed by atoms with van der Waals surface area (Å²) in [6.45, 7) is 4.40. The lowest BCUT2D eigenvalue weighted by Crippen LogP contribution is -2.28. The lowest BCUT2D eigenvalue weighted by atomic mass is 10.4. The third kappa shape index (κ3) is 5.21. The van der Waals surface area contributed by atoms with Crippen LogP contribution in [0.4, 0.5) is 0 Å². The molecule has 0 radical (unpaired) electrons. The van der Waals surface area contributed by atoms with Crippen molar-refractivity contribution in [2.75, 3.05) is 13.2 Å². The third-order valence-electron chi connectivity index (χ3n) is 1.31. The predicted molar refractivity (Wildman–Crippen MR) is 55.2 cm³/mol. The zero-order valence-electron chi connectivity index (χ0n) is 8.42. The van der Waals surface area contributed by atoms with Gasteiger partial charge >= 0.3 is 11.9 Å². The second-order valence-corrected chi connectivity index (χ2v) is 3.61. The van der Waals surface area contributed by atoms with Gasteiger partial charge in [-0.1, -0.05) is 29.8 Å². The van der Waals surface area contributed by atoms with Gasteiger partial charge in [0, 0.05) is 0 Å². The fraction of sp³-hybridized carbons (Fsp3) is 0.778. The number of alkyl halides is 1. The number of hydrogen-bond donors (Lipinski definition) is 0. The number of ether oxygens (including phenoxy) is 2. The van der Waals surface area contributed by atoms with E-state index < -0.39 is 16.8 Å². The Morgan fingerprint density at radius 3 is 1.71 bits per heavy atom. The minimum absolute atomic E-state index is 0.321. The van der Waals surface area contributed by atoms with Crippen molar-refractivity contribution in [1.29, 1.82) is 0 Å². The number of hydrogen-bond acceptors (Lipinski definition) is 4. The normalized spacial score (nSPS) is 10.0. The van der Waals surface area contributed by atoms with E-state index in [0.717, 1.165) is 12.8 Å². The van der Waals surface area contributed by atoms with Gasteiger partial charge in [-0.25, -0.2) is 0 Å². The minimum atomic E-state index is -0.999. The van der Waals surface area contributed by atoms with Crippen molar-refractivity contribution >= 4 is 27.9 Å². The first-order valence-corrected chi connectivity index (χ1v) is 5.52. The molecule has 4 nitrogen and oxygen atoms in total. The van der Waals surface area contributed by atoms with E-state index in [4.69, 9.17) is 9.47 Å². The van der Waals surface area contributed by atoms with Gasteiger partial charge in [0.2, 0.25) is 4.83 Å². The van der Waals surface area contributed by atoms with Crippen molar-refractivity contribution in [1.82, 2.24) is 0 Å². The molecule has 0 spiro atoms. The summed E-state index contributed by atoms with van der Waals surface area (Å²) in [5.41, 5.74) is 0. The molecule has 0 heterocycles. The molecule has 0 saturated carbocycles. The molecule has 0 N–H and O–H groups in total. The molecule has 14 heavy (non-hydrogen) atoms. The van der Waals surface area contributed by atoms with Gasteiger partial charge in [0.1, 0.15) is 0 Å². The van der Waals surface area contributed by atoms with Crippen LogP contribution in [0.15, 0.2) is 0 Å².